The van der Waals surface area contributed by atoms with Gasteiger partial charge in [0, 0.05) is 17.1 Å². The number of thioether (sulfide) groups is 1. The van der Waals surface area contributed by atoms with Gasteiger partial charge in [0.1, 0.15) is 12.4 Å². The predicted molar refractivity (Wildman–Crippen MR) is 114 cm³/mol. The van der Waals surface area contributed by atoms with Crippen molar-refractivity contribution >= 4 is 29.3 Å². The third-order valence-corrected chi connectivity index (χ3v) is 6.02. The number of ether oxygens (including phenoxy) is 1. The Morgan fingerprint density at radius 1 is 1.29 bits per heavy atom. The maximum absolute atomic E-state index is 12.7. The number of aromatic nitrogens is 3. The summed E-state index contributed by atoms with van der Waals surface area (Å²) in [6.07, 6.45) is 1.88. The van der Waals surface area contributed by atoms with Gasteiger partial charge >= 0.3 is 0 Å². The van der Waals surface area contributed by atoms with Gasteiger partial charge in [0.25, 0.3) is 0 Å². The molecule has 2 aromatic rings. The van der Waals surface area contributed by atoms with Gasteiger partial charge in [0.05, 0.1) is 5.75 Å². The van der Waals surface area contributed by atoms with Crippen LogP contribution in [0.1, 0.15) is 51.9 Å². The largest absolute Gasteiger partial charge is 0.486 e. The summed E-state index contributed by atoms with van der Waals surface area (Å²) in [6, 6.07) is 5.95. The van der Waals surface area contributed by atoms with Crippen LogP contribution in [0.3, 0.4) is 0 Å². The topological polar surface area (TPSA) is 71.1 Å². The molecular weight excluding hydrogens is 396 g/mol. The highest BCUT2D eigenvalue weighted by Gasteiger charge is 2.23. The van der Waals surface area contributed by atoms with Crippen molar-refractivity contribution in [3.63, 3.8) is 0 Å². The van der Waals surface area contributed by atoms with Crippen LogP contribution in [0.2, 0.25) is 5.02 Å². The van der Waals surface area contributed by atoms with Crippen molar-refractivity contribution in [1.82, 2.24) is 20.1 Å². The number of benzene rings is 1. The molecule has 2 rings (SSSR count). The van der Waals surface area contributed by atoms with Crippen LogP contribution in [0.5, 0.6) is 5.75 Å². The number of hydrogen-bond donors (Lipinski definition) is 1. The number of nitrogens with one attached hydrogen (secondary N) is 1. The summed E-state index contributed by atoms with van der Waals surface area (Å²) in [5.41, 5.74) is 0.957. The lowest BCUT2D eigenvalue weighted by Gasteiger charge is -2.33. The van der Waals surface area contributed by atoms with E-state index in [2.05, 4.69) is 42.9 Å². The van der Waals surface area contributed by atoms with Crippen molar-refractivity contribution in [3.05, 3.63) is 34.6 Å². The molecular formula is C20H29ClN4O2S. The average molecular weight is 425 g/mol. The summed E-state index contributed by atoms with van der Waals surface area (Å²) < 4.78 is 5.72. The molecule has 1 aromatic heterocycles. The molecule has 0 unspecified atom stereocenters. The van der Waals surface area contributed by atoms with Gasteiger partial charge in [-0.05, 0) is 57.4 Å². The maximum Gasteiger partial charge on any atom is 0.233 e. The van der Waals surface area contributed by atoms with Crippen molar-refractivity contribution < 1.29 is 9.53 Å². The molecule has 0 saturated heterocycles. The number of H-pyrrole nitrogens is 1. The van der Waals surface area contributed by atoms with Crippen LogP contribution in [0, 0.1) is 6.92 Å². The van der Waals surface area contributed by atoms with Crippen molar-refractivity contribution in [3.8, 4) is 5.75 Å². The Hall–Kier alpha value is -1.73. The van der Waals surface area contributed by atoms with E-state index in [0.29, 0.717) is 21.8 Å². The molecule has 6 nitrogen and oxygen atoms in total. The molecule has 1 heterocycles. The van der Waals surface area contributed by atoms with Gasteiger partial charge < -0.3 is 9.64 Å². The monoisotopic (exact) mass is 424 g/mol. The Bertz CT molecular complexity index is 773. The SMILES string of the molecule is CC[C@@H](C)N(C(=O)CSc1n[nH]c(COc2ccc(Cl)c(C)c2)n1)[C@H](C)CC. The van der Waals surface area contributed by atoms with Gasteiger partial charge in [-0.1, -0.05) is 37.2 Å². The Labute approximate surface area is 176 Å². The average Bonchev–Trinajstić information content (AvgIpc) is 3.15. The number of carbonyl (C=O) groups is 1. The predicted octanol–water partition coefficient (Wildman–Crippen LogP) is 4.86. The Morgan fingerprint density at radius 3 is 2.57 bits per heavy atom. The minimum atomic E-state index is 0.118. The normalized spacial score (nSPS) is 13.2. The van der Waals surface area contributed by atoms with Gasteiger partial charge in [0.2, 0.25) is 11.1 Å². The molecule has 0 aliphatic heterocycles. The molecule has 0 aliphatic rings. The van der Waals surface area contributed by atoms with Crippen LogP contribution in [-0.2, 0) is 11.4 Å². The molecule has 0 radical (unpaired) electrons. The third kappa shape index (κ3) is 6.14. The first-order chi connectivity index (χ1) is 13.3. The van der Waals surface area contributed by atoms with Crippen LogP contribution in [0.4, 0.5) is 0 Å². The lowest BCUT2D eigenvalue weighted by atomic mass is 10.1. The fraction of sp³-hybridized carbons (Fsp3) is 0.550. The zero-order valence-corrected chi connectivity index (χ0v) is 18.7. The van der Waals surface area contributed by atoms with Crippen LogP contribution in [0.25, 0.3) is 0 Å². The minimum absolute atomic E-state index is 0.118. The highest BCUT2D eigenvalue weighted by Crippen LogP contribution is 2.22. The molecule has 2 atom stereocenters. The molecule has 0 spiro atoms. The molecule has 0 saturated carbocycles. The second-order valence-corrected chi connectivity index (χ2v) is 8.22. The molecule has 1 amide bonds. The summed E-state index contributed by atoms with van der Waals surface area (Å²) in [5.74, 6) is 1.78. The fourth-order valence-electron chi connectivity index (χ4n) is 2.79. The molecule has 0 aliphatic carbocycles. The highest BCUT2D eigenvalue weighted by atomic mass is 35.5. The van der Waals surface area contributed by atoms with E-state index in [1.54, 1.807) is 6.07 Å². The Kier molecular flexibility index (Phi) is 8.63. The quantitative estimate of drug-likeness (QED) is 0.551. The number of halogens is 1. The van der Waals surface area contributed by atoms with E-state index >= 15 is 0 Å². The van der Waals surface area contributed by atoms with Crippen LogP contribution in [0.15, 0.2) is 23.4 Å². The number of hydrogen-bond acceptors (Lipinski definition) is 5. The molecule has 154 valence electrons. The van der Waals surface area contributed by atoms with E-state index in [4.69, 9.17) is 16.3 Å². The van der Waals surface area contributed by atoms with Crippen LogP contribution in [-0.4, -0.2) is 43.8 Å². The number of aryl methyl sites for hydroxylation is 1. The number of rotatable bonds is 10. The van der Waals surface area contributed by atoms with E-state index in [-0.39, 0.29) is 24.6 Å². The summed E-state index contributed by atoms with van der Waals surface area (Å²) in [5, 5.41) is 8.30. The third-order valence-electron chi connectivity index (χ3n) is 4.76. The fourth-order valence-corrected chi connectivity index (χ4v) is 3.59. The van der Waals surface area contributed by atoms with Gasteiger partial charge in [0.15, 0.2) is 5.82 Å². The van der Waals surface area contributed by atoms with E-state index in [9.17, 15) is 4.79 Å². The molecule has 8 heteroatoms. The zero-order chi connectivity index (χ0) is 20.7. The first-order valence-corrected chi connectivity index (χ1v) is 11.0. The standard InChI is InChI=1S/C20H29ClN4O2S/c1-6-14(4)25(15(5)7-2)19(26)12-28-20-22-18(23-24-20)11-27-16-8-9-17(21)13(3)10-16/h8-10,14-15H,6-7,11-12H2,1-5H3,(H,22,23,24)/t14-,15-/m1/s1. The number of carbonyl (C=O) groups excluding carboxylic acids is 1. The van der Waals surface area contributed by atoms with Crippen molar-refractivity contribution in [2.75, 3.05) is 5.75 Å². The van der Waals surface area contributed by atoms with Gasteiger partial charge in [-0.2, -0.15) is 0 Å². The number of aromatic amines is 1. The molecule has 0 bridgehead atoms. The number of nitrogens with zero attached hydrogens (tertiary/aromatic N) is 3. The summed E-state index contributed by atoms with van der Waals surface area (Å²) in [6.45, 7) is 10.6. The molecule has 0 fully saturated rings. The smallest absolute Gasteiger partial charge is 0.233 e. The lowest BCUT2D eigenvalue weighted by Crippen LogP contribution is -2.45. The Balaban J connectivity index is 1.89. The van der Waals surface area contributed by atoms with E-state index in [1.165, 1.54) is 11.8 Å². The van der Waals surface area contributed by atoms with Crippen LogP contribution >= 0.6 is 23.4 Å². The second-order valence-electron chi connectivity index (χ2n) is 6.87. The summed E-state index contributed by atoms with van der Waals surface area (Å²) in [4.78, 5) is 19.1. The molecule has 28 heavy (non-hydrogen) atoms. The molecule has 1 N–H and O–H groups in total. The second kappa shape index (κ2) is 10.7. The zero-order valence-electron chi connectivity index (χ0n) is 17.2. The Morgan fingerprint density at radius 2 is 1.96 bits per heavy atom. The highest BCUT2D eigenvalue weighted by molar-refractivity contribution is 7.99. The van der Waals surface area contributed by atoms with Crippen LogP contribution < -0.4 is 4.74 Å². The van der Waals surface area contributed by atoms with Crippen molar-refractivity contribution in [2.45, 2.75) is 71.3 Å². The minimum Gasteiger partial charge on any atom is -0.486 e. The van der Waals surface area contributed by atoms with E-state index in [1.807, 2.05) is 24.0 Å². The van der Waals surface area contributed by atoms with Gasteiger partial charge in [-0.25, -0.2) is 4.98 Å². The van der Waals surface area contributed by atoms with Crippen molar-refractivity contribution in [1.29, 1.82) is 0 Å². The van der Waals surface area contributed by atoms with E-state index in [0.717, 1.165) is 24.2 Å². The number of amides is 1. The van der Waals surface area contributed by atoms with E-state index < -0.39 is 0 Å². The van der Waals surface area contributed by atoms with Gasteiger partial charge in [-0.15, -0.1) is 5.10 Å². The van der Waals surface area contributed by atoms with Gasteiger partial charge in [-0.3, -0.25) is 9.89 Å². The summed E-state index contributed by atoms with van der Waals surface area (Å²) >= 11 is 7.37. The van der Waals surface area contributed by atoms with Crippen molar-refractivity contribution in [2.24, 2.45) is 0 Å². The first kappa shape index (κ1) is 22.6. The maximum atomic E-state index is 12.7. The summed E-state index contributed by atoms with van der Waals surface area (Å²) in [7, 11) is 0. The first-order valence-electron chi connectivity index (χ1n) is 9.59. The molecule has 1 aromatic carbocycles. The lowest BCUT2D eigenvalue weighted by molar-refractivity contribution is -0.132.